The van der Waals surface area contributed by atoms with Gasteiger partial charge in [-0.15, -0.1) is 0 Å². The lowest BCUT2D eigenvalue weighted by Gasteiger charge is -2.31. The van der Waals surface area contributed by atoms with E-state index in [9.17, 15) is 4.79 Å². The number of rotatable bonds is 6. The molecule has 0 aliphatic carbocycles. The molecule has 100 valence electrons. The van der Waals surface area contributed by atoms with Crippen LogP contribution in [0.4, 0.5) is 0 Å². The van der Waals surface area contributed by atoms with Crippen LogP contribution < -0.4 is 5.73 Å². The predicted octanol–water partition coefficient (Wildman–Crippen LogP) is 1.46. The summed E-state index contributed by atoms with van der Waals surface area (Å²) in [5.41, 5.74) is 6.68. The van der Waals surface area contributed by atoms with Crippen molar-refractivity contribution in [2.45, 2.75) is 27.2 Å². The number of aromatic nitrogens is 1. The number of hydrogen-bond acceptors (Lipinski definition) is 3. The molecule has 0 atom stereocenters. The van der Waals surface area contributed by atoms with Crippen LogP contribution in [-0.4, -0.2) is 35.4 Å². The lowest BCUT2D eigenvalue weighted by molar-refractivity contribution is -0.131. The number of nitrogens with zero attached hydrogens (tertiary/aromatic N) is 2. The van der Waals surface area contributed by atoms with Gasteiger partial charge in [0, 0.05) is 25.5 Å². The summed E-state index contributed by atoms with van der Waals surface area (Å²) in [5.74, 6) is 0.144. The molecule has 1 rings (SSSR count). The second kappa shape index (κ2) is 6.50. The molecule has 2 N–H and O–H groups in total. The van der Waals surface area contributed by atoms with Crippen molar-refractivity contribution in [2.24, 2.45) is 11.1 Å². The Kier molecular flexibility index (Phi) is 5.28. The molecule has 1 amide bonds. The number of nitrogens with two attached hydrogens (primary N) is 1. The SMILES string of the molecule is CCN(CC(C)(C)CN)C(=O)Cc1ccncc1. The van der Waals surface area contributed by atoms with Crippen molar-refractivity contribution in [1.29, 1.82) is 0 Å². The normalized spacial score (nSPS) is 11.3. The summed E-state index contributed by atoms with van der Waals surface area (Å²) in [6.45, 7) is 8.14. The molecule has 0 saturated heterocycles. The Morgan fingerprint density at radius 1 is 1.39 bits per heavy atom. The minimum Gasteiger partial charge on any atom is -0.342 e. The highest BCUT2D eigenvalue weighted by atomic mass is 16.2. The Morgan fingerprint density at radius 2 is 2.00 bits per heavy atom. The molecule has 4 nitrogen and oxygen atoms in total. The highest BCUT2D eigenvalue weighted by molar-refractivity contribution is 5.78. The summed E-state index contributed by atoms with van der Waals surface area (Å²) in [4.78, 5) is 18.0. The van der Waals surface area contributed by atoms with E-state index in [1.54, 1.807) is 12.4 Å². The topological polar surface area (TPSA) is 59.2 Å². The van der Waals surface area contributed by atoms with E-state index in [-0.39, 0.29) is 11.3 Å². The minimum absolute atomic E-state index is 0.0378. The predicted molar refractivity (Wildman–Crippen MR) is 73.0 cm³/mol. The first kappa shape index (κ1) is 14.6. The third kappa shape index (κ3) is 4.45. The zero-order chi connectivity index (χ0) is 13.6. The summed E-state index contributed by atoms with van der Waals surface area (Å²) in [6.07, 6.45) is 3.85. The van der Waals surface area contributed by atoms with E-state index in [1.165, 1.54) is 0 Å². The fraction of sp³-hybridized carbons (Fsp3) is 0.571. The molecule has 0 fully saturated rings. The molecule has 4 heteroatoms. The number of carbonyl (C=O) groups excluding carboxylic acids is 1. The van der Waals surface area contributed by atoms with Crippen molar-refractivity contribution in [2.75, 3.05) is 19.6 Å². The van der Waals surface area contributed by atoms with Crippen molar-refractivity contribution in [3.05, 3.63) is 30.1 Å². The summed E-state index contributed by atoms with van der Waals surface area (Å²) in [5, 5.41) is 0. The Bertz CT molecular complexity index is 376. The molecule has 18 heavy (non-hydrogen) atoms. The molecule has 0 radical (unpaired) electrons. The second-order valence-corrected chi connectivity index (χ2v) is 5.31. The van der Waals surface area contributed by atoms with Crippen LogP contribution >= 0.6 is 0 Å². The summed E-state index contributed by atoms with van der Waals surface area (Å²) < 4.78 is 0. The summed E-state index contributed by atoms with van der Waals surface area (Å²) >= 11 is 0. The fourth-order valence-corrected chi connectivity index (χ4v) is 1.74. The molecule has 0 unspecified atom stereocenters. The largest absolute Gasteiger partial charge is 0.342 e. The number of pyridine rings is 1. The zero-order valence-electron chi connectivity index (χ0n) is 11.5. The third-order valence-electron chi connectivity index (χ3n) is 3.01. The lowest BCUT2D eigenvalue weighted by Crippen LogP contribution is -2.42. The van der Waals surface area contributed by atoms with Gasteiger partial charge in [0.2, 0.25) is 5.91 Å². The maximum absolute atomic E-state index is 12.2. The maximum Gasteiger partial charge on any atom is 0.227 e. The first-order valence-corrected chi connectivity index (χ1v) is 6.35. The first-order valence-electron chi connectivity index (χ1n) is 6.35. The van der Waals surface area contributed by atoms with E-state index in [0.717, 1.165) is 5.56 Å². The molecule has 0 spiro atoms. The van der Waals surface area contributed by atoms with Crippen LogP contribution in [0.25, 0.3) is 0 Å². The second-order valence-electron chi connectivity index (χ2n) is 5.31. The van der Waals surface area contributed by atoms with Gasteiger partial charge in [-0.25, -0.2) is 0 Å². The number of amides is 1. The Hall–Kier alpha value is -1.42. The smallest absolute Gasteiger partial charge is 0.227 e. The van der Waals surface area contributed by atoms with Gasteiger partial charge in [-0.05, 0) is 36.6 Å². The first-order chi connectivity index (χ1) is 8.48. The van der Waals surface area contributed by atoms with Crippen molar-refractivity contribution >= 4 is 5.91 Å². The average molecular weight is 249 g/mol. The molecule has 0 saturated carbocycles. The Labute approximate surface area is 109 Å². The van der Waals surface area contributed by atoms with Gasteiger partial charge in [0.25, 0.3) is 0 Å². The van der Waals surface area contributed by atoms with Crippen LogP contribution in [0.15, 0.2) is 24.5 Å². The summed E-state index contributed by atoms with van der Waals surface area (Å²) in [7, 11) is 0. The van der Waals surface area contributed by atoms with E-state index in [4.69, 9.17) is 5.73 Å². The molecule has 0 aliphatic rings. The summed E-state index contributed by atoms with van der Waals surface area (Å²) in [6, 6.07) is 3.75. The monoisotopic (exact) mass is 249 g/mol. The molecule has 0 aliphatic heterocycles. The highest BCUT2D eigenvalue weighted by Gasteiger charge is 2.22. The minimum atomic E-state index is -0.0378. The number of carbonyl (C=O) groups is 1. The van der Waals surface area contributed by atoms with Crippen molar-refractivity contribution in [3.63, 3.8) is 0 Å². The number of hydrogen-bond donors (Lipinski definition) is 1. The van der Waals surface area contributed by atoms with Crippen LogP contribution in [0, 0.1) is 5.41 Å². The van der Waals surface area contributed by atoms with Gasteiger partial charge in [0.05, 0.1) is 6.42 Å². The van der Waals surface area contributed by atoms with Gasteiger partial charge in [0.1, 0.15) is 0 Å². The van der Waals surface area contributed by atoms with E-state index >= 15 is 0 Å². The maximum atomic E-state index is 12.2. The lowest BCUT2D eigenvalue weighted by atomic mass is 9.93. The molecule has 1 aromatic rings. The van der Waals surface area contributed by atoms with Gasteiger partial charge in [-0.2, -0.15) is 0 Å². The third-order valence-corrected chi connectivity index (χ3v) is 3.01. The molecule has 1 heterocycles. The van der Waals surface area contributed by atoms with E-state index in [2.05, 4.69) is 18.8 Å². The van der Waals surface area contributed by atoms with Crippen molar-refractivity contribution in [3.8, 4) is 0 Å². The fourth-order valence-electron chi connectivity index (χ4n) is 1.74. The van der Waals surface area contributed by atoms with Gasteiger partial charge in [-0.1, -0.05) is 13.8 Å². The van der Waals surface area contributed by atoms with Crippen LogP contribution in [0.2, 0.25) is 0 Å². The van der Waals surface area contributed by atoms with Crippen LogP contribution in [-0.2, 0) is 11.2 Å². The van der Waals surface area contributed by atoms with Gasteiger partial charge >= 0.3 is 0 Å². The van der Waals surface area contributed by atoms with Crippen LogP contribution in [0.5, 0.6) is 0 Å². The zero-order valence-corrected chi connectivity index (χ0v) is 11.5. The molecular weight excluding hydrogens is 226 g/mol. The number of likely N-dealkylation sites (N-methyl/N-ethyl adjacent to an activating group) is 1. The molecule has 1 aromatic heterocycles. The standard InChI is InChI=1S/C14H23N3O/c1-4-17(11-14(2,3)10-15)13(18)9-12-5-7-16-8-6-12/h5-8H,4,9-11,15H2,1-3H3. The molecule has 0 bridgehead atoms. The van der Waals surface area contributed by atoms with Crippen molar-refractivity contribution in [1.82, 2.24) is 9.88 Å². The van der Waals surface area contributed by atoms with Crippen LogP contribution in [0.3, 0.4) is 0 Å². The molecule has 0 aromatic carbocycles. The van der Waals surface area contributed by atoms with E-state index in [1.807, 2.05) is 24.0 Å². The van der Waals surface area contributed by atoms with Crippen LogP contribution in [0.1, 0.15) is 26.3 Å². The van der Waals surface area contributed by atoms with E-state index in [0.29, 0.717) is 26.1 Å². The van der Waals surface area contributed by atoms with Crippen molar-refractivity contribution < 1.29 is 4.79 Å². The Morgan fingerprint density at radius 3 is 2.50 bits per heavy atom. The van der Waals surface area contributed by atoms with E-state index < -0.39 is 0 Å². The van der Waals surface area contributed by atoms with Gasteiger partial charge in [0.15, 0.2) is 0 Å². The Balaban J connectivity index is 2.63. The van der Waals surface area contributed by atoms with Gasteiger partial charge in [-0.3, -0.25) is 9.78 Å². The average Bonchev–Trinajstić information content (AvgIpc) is 2.37. The highest BCUT2D eigenvalue weighted by Crippen LogP contribution is 2.15. The van der Waals surface area contributed by atoms with Gasteiger partial charge < -0.3 is 10.6 Å². The quantitative estimate of drug-likeness (QED) is 0.830. The molecular formula is C14H23N3O.